The molecule has 0 unspecified atom stereocenters. The van der Waals surface area contributed by atoms with Crippen molar-refractivity contribution in [3.05, 3.63) is 24.0 Å². The van der Waals surface area contributed by atoms with Crippen LogP contribution in [0.15, 0.2) is 18.3 Å². The summed E-state index contributed by atoms with van der Waals surface area (Å²) in [7, 11) is 0. The van der Waals surface area contributed by atoms with Crippen LogP contribution in [0.4, 0.5) is 0 Å². The van der Waals surface area contributed by atoms with Crippen molar-refractivity contribution in [2.75, 3.05) is 19.7 Å². The third-order valence-corrected chi connectivity index (χ3v) is 4.99. The van der Waals surface area contributed by atoms with E-state index in [1.54, 1.807) is 0 Å². The summed E-state index contributed by atoms with van der Waals surface area (Å²) >= 11 is 0. The molecular formula is C16H22N2O2. The van der Waals surface area contributed by atoms with E-state index in [-0.39, 0.29) is 11.5 Å². The van der Waals surface area contributed by atoms with Crippen LogP contribution in [0.25, 0.3) is 0 Å². The Bertz CT molecular complexity index is 512. The van der Waals surface area contributed by atoms with Gasteiger partial charge in [0.2, 0.25) is 0 Å². The van der Waals surface area contributed by atoms with Gasteiger partial charge in [-0.05, 0) is 37.8 Å². The number of nitrogens with zero attached hydrogens (tertiary/aromatic N) is 2. The summed E-state index contributed by atoms with van der Waals surface area (Å²) < 4.78 is 8.18. The summed E-state index contributed by atoms with van der Waals surface area (Å²) in [6, 6.07) is 4.53. The molecule has 1 amide bonds. The smallest absolute Gasteiger partial charge is 0.270 e. The standard InChI is InChI=1S/C16H22N2O2/c19-15(14-4-3-9-18(14)13-5-6-13)17-10-11-20-16(12-17)7-1-2-8-16/h3-4,9,13H,1-2,5-8,10-12H2. The van der Waals surface area contributed by atoms with Crippen molar-refractivity contribution in [1.29, 1.82) is 0 Å². The molecule has 4 rings (SSSR count). The maximum Gasteiger partial charge on any atom is 0.270 e. The third kappa shape index (κ3) is 2.06. The number of rotatable bonds is 2. The highest BCUT2D eigenvalue weighted by atomic mass is 16.5. The number of amides is 1. The largest absolute Gasteiger partial charge is 0.371 e. The zero-order valence-electron chi connectivity index (χ0n) is 11.9. The van der Waals surface area contributed by atoms with Gasteiger partial charge >= 0.3 is 0 Å². The van der Waals surface area contributed by atoms with Gasteiger partial charge in [-0.3, -0.25) is 4.79 Å². The average molecular weight is 274 g/mol. The van der Waals surface area contributed by atoms with Gasteiger partial charge in [-0.2, -0.15) is 0 Å². The van der Waals surface area contributed by atoms with E-state index in [1.165, 1.54) is 25.7 Å². The molecule has 1 aliphatic heterocycles. The second-order valence-electron chi connectivity index (χ2n) is 6.50. The van der Waals surface area contributed by atoms with Gasteiger partial charge in [0.25, 0.3) is 5.91 Å². The van der Waals surface area contributed by atoms with Crippen LogP contribution >= 0.6 is 0 Å². The van der Waals surface area contributed by atoms with Gasteiger partial charge in [0.1, 0.15) is 5.69 Å². The summed E-state index contributed by atoms with van der Waals surface area (Å²) in [5.74, 6) is 0.191. The van der Waals surface area contributed by atoms with Crippen LogP contribution in [0.5, 0.6) is 0 Å². The first-order chi connectivity index (χ1) is 9.77. The second kappa shape index (κ2) is 4.62. The molecule has 108 valence electrons. The lowest BCUT2D eigenvalue weighted by molar-refractivity contribution is -0.0950. The van der Waals surface area contributed by atoms with Gasteiger partial charge < -0.3 is 14.2 Å². The topological polar surface area (TPSA) is 34.5 Å². The number of hydrogen-bond donors (Lipinski definition) is 0. The number of aromatic nitrogens is 1. The highest BCUT2D eigenvalue weighted by Gasteiger charge is 2.41. The fourth-order valence-corrected chi connectivity index (χ4v) is 3.75. The van der Waals surface area contributed by atoms with Crippen molar-refractivity contribution in [2.45, 2.75) is 50.2 Å². The predicted molar refractivity (Wildman–Crippen MR) is 75.8 cm³/mol. The molecule has 0 N–H and O–H groups in total. The molecule has 3 fully saturated rings. The molecule has 20 heavy (non-hydrogen) atoms. The van der Waals surface area contributed by atoms with Gasteiger partial charge in [0, 0.05) is 18.8 Å². The van der Waals surface area contributed by atoms with E-state index in [0.717, 1.165) is 31.6 Å². The van der Waals surface area contributed by atoms with E-state index in [2.05, 4.69) is 10.8 Å². The SMILES string of the molecule is O=C(c1cccn1C1CC1)N1CCOC2(CCCC2)C1. The monoisotopic (exact) mass is 274 g/mol. The molecule has 2 saturated carbocycles. The molecule has 4 nitrogen and oxygen atoms in total. The fraction of sp³-hybridized carbons (Fsp3) is 0.688. The summed E-state index contributed by atoms with van der Waals surface area (Å²) in [6.45, 7) is 2.20. The summed E-state index contributed by atoms with van der Waals surface area (Å²) in [5.41, 5.74) is 0.827. The Morgan fingerprint density at radius 2 is 2.10 bits per heavy atom. The molecule has 1 aromatic heterocycles. The fourth-order valence-electron chi connectivity index (χ4n) is 3.75. The molecule has 3 aliphatic rings. The van der Waals surface area contributed by atoms with Crippen molar-refractivity contribution in [2.24, 2.45) is 0 Å². The summed E-state index contributed by atoms with van der Waals surface area (Å²) in [5, 5.41) is 0. The molecule has 1 spiro atoms. The molecule has 4 heteroatoms. The first kappa shape index (κ1) is 12.5. The van der Waals surface area contributed by atoms with Crippen LogP contribution in [0.2, 0.25) is 0 Å². The minimum atomic E-state index is -0.0368. The Balaban J connectivity index is 1.54. The zero-order chi connectivity index (χ0) is 13.6. The van der Waals surface area contributed by atoms with Gasteiger partial charge in [-0.25, -0.2) is 0 Å². The van der Waals surface area contributed by atoms with Crippen molar-refractivity contribution in [3.63, 3.8) is 0 Å². The Morgan fingerprint density at radius 1 is 1.30 bits per heavy atom. The first-order valence-corrected chi connectivity index (χ1v) is 7.88. The van der Waals surface area contributed by atoms with Crippen molar-refractivity contribution in [3.8, 4) is 0 Å². The lowest BCUT2D eigenvalue weighted by atomic mass is 9.99. The number of carbonyl (C=O) groups excluding carboxylic acids is 1. The second-order valence-corrected chi connectivity index (χ2v) is 6.50. The maximum atomic E-state index is 12.8. The van der Waals surface area contributed by atoms with Crippen molar-refractivity contribution in [1.82, 2.24) is 9.47 Å². The van der Waals surface area contributed by atoms with Crippen LogP contribution < -0.4 is 0 Å². The summed E-state index contributed by atoms with van der Waals surface area (Å²) in [6.07, 6.45) is 9.17. The van der Waals surface area contributed by atoms with E-state index in [9.17, 15) is 4.79 Å². The van der Waals surface area contributed by atoms with Crippen LogP contribution in [0.3, 0.4) is 0 Å². The molecule has 1 saturated heterocycles. The van der Waals surface area contributed by atoms with Crippen LogP contribution in [-0.4, -0.2) is 40.7 Å². The van der Waals surface area contributed by atoms with E-state index in [1.807, 2.05) is 17.0 Å². The molecule has 0 aromatic carbocycles. The van der Waals surface area contributed by atoms with E-state index < -0.39 is 0 Å². The van der Waals surface area contributed by atoms with Crippen molar-refractivity contribution < 1.29 is 9.53 Å². The van der Waals surface area contributed by atoms with Crippen LogP contribution in [0.1, 0.15) is 55.1 Å². The highest BCUT2D eigenvalue weighted by molar-refractivity contribution is 5.93. The highest BCUT2D eigenvalue weighted by Crippen LogP contribution is 2.38. The first-order valence-electron chi connectivity index (χ1n) is 7.88. The quantitative estimate of drug-likeness (QED) is 0.831. The number of ether oxygens (including phenoxy) is 1. The van der Waals surface area contributed by atoms with E-state index in [0.29, 0.717) is 12.6 Å². The molecule has 0 atom stereocenters. The Hall–Kier alpha value is -1.29. The number of carbonyl (C=O) groups is 1. The van der Waals surface area contributed by atoms with Crippen molar-refractivity contribution >= 4 is 5.91 Å². The predicted octanol–water partition coefficient (Wildman–Crippen LogP) is 2.61. The van der Waals surface area contributed by atoms with Gasteiger partial charge in [-0.1, -0.05) is 12.8 Å². The molecule has 1 aromatic rings. The molecule has 0 radical (unpaired) electrons. The Morgan fingerprint density at radius 3 is 2.85 bits per heavy atom. The van der Waals surface area contributed by atoms with Gasteiger partial charge in [0.05, 0.1) is 18.8 Å². The van der Waals surface area contributed by atoms with Crippen LogP contribution in [-0.2, 0) is 4.74 Å². The minimum Gasteiger partial charge on any atom is -0.371 e. The van der Waals surface area contributed by atoms with E-state index >= 15 is 0 Å². The molecule has 0 bridgehead atoms. The summed E-state index contributed by atoms with van der Waals surface area (Å²) in [4.78, 5) is 14.8. The average Bonchev–Trinajstić information content (AvgIpc) is 3.03. The number of morpholine rings is 1. The minimum absolute atomic E-state index is 0.0368. The lowest BCUT2D eigenvalue weighted by Gasteiger charge is -2.40. The number of hydrogen-bond acceptors (Lipinski definition) is 2. The van der Waals surface area contributed by atoms with E-state index in [4.69, 9.17) is 4.74 Å². The van der Waals surface area contributed by atoms with Gasteiger partial charge in [-0.15, -0.1) is 0 Å². The maximum absolute atomic E-state index is 12.8. The molecular weight excluding hydrogens is 252 g/mol. The Labute approximate surface area is 119 Å². The molecule has 2 heterocycles. The Kier molecular flexibility index (Phi) is 2.88. The zero-order valence-corrected chi connectivity index (χ0v) is 11.9. The van der Waals surface area contributed by atoms with Gasteiger partial charge in [0.15, 0.2) is 0 Å². The third-order valence-electron chi connectivity index (χ3n) is 4.99. The normalized spacial score (nSPS) is 25.3. The molecule has 2 aliphatic carbocycles. The van der Waals surface area contributed by atoms with Crippen LogP contribution in [0, 0.1) is 0 Å². The lowest BCUT2D eigenvalue weighted by Crippen LogP contribution is -2.52.